The standard InChI is InChI=1S/C14H15Cl2N3O/c1-14(2,3)19-13(20)9(7-17)8-18-10-4-5-11(15)12(16)6-10/h4-6,8,18H,1-3H3,(H,19,20)/b9-8-. The second-order valence-corrected chi connectivity index (χ2v) is 5.96. The van der Waals surface area contributed by atoms with E-state index in [4.69, 9.17) is 28.5 Å². The molecule has 1 amide bonds. The molecule has 4 nitrogen and oxygen atoms in total. The summed E-state index contributed by atoms with van der Waals surface area (Å²) in [5.74, 6) is -0.437. The summed E-state index contributed by atoms with van der Waals surface area (Å²) >= 11 is 11.7. The number of halogens is 2. The van der Waals surface area contributed by atoms with Crippen LogP contribution in [0.1, 0.15) is 20.8 Å². The van der Waals surface area contributed by atoms with E-state index in [0.29, 0.717) is 15.7 Å². The van der Waals surface area contributed by atoms with Crippen LogP contribution in [0.25, 0.3) is 0 Å². The van der Waals surface area contributed by atoms with E-state index < -0.39 is 11.4 Å². The third-order valence-corrected chi connectivity index (χ3v) is 2.90. The largest absolute Gasteiger partial charge is 0.360 e. The van der Waals surface area contributed by atoms with E-state index in [1.807, 2.05) is 26.8 Å². The van der Waals surface area contributed by atoms with Gasteiger partial charge in [-0.2, -0.15) is 5.26 Å². The summed E-state index contributed by atoms with van der Waals surface area (Å²) in [4.78, 5) is 11.8. The molecule has 0 fully saturated rings. The minimum atomic E-state index is -0.437. The summed E-state index contributed by atoms with van der Waals surface area (Å²) in [6.07, 6.45) is 1.33. The first-order valence-electron chi connectivity index (χ1n) is 5.87. The van der Waals surface area contributed by atoms with Crippen molar-refractivity contribution < 1.29 is 4.79 Å². The van der Waals surface area contributed by atoms with Gasteiger partial charge in [0.15, 0.2) is 0 Å². The van der Waals surface area contributed by atoms with Crippen molar-refractivity contribution in [1.82, 2.24) is 5.32 Å². The van der Waals surface area contributed by atoms with Crippen LogP contribution < -0.4 is 10.6 Å². The highest BCUT2D eigenvalue weighted by molar-refractivity contribution is 6.42. The second kappa shape index (κ2) is 6.65. The van der Waals surface area contributed by atoms with Gasteiger partial charge in [0.1, 0.15) is 11.6 Å². The highest BCUT2D eigenvalue weighted by Crippen LogP contribution is 2.25. The van der Waals surface area contributed by atoms with Crippen molar-refractivity contribution in [1.29, 1.82) is 5.26 Å². The highest BCUT2D eigenvalue weighted by atomic mass is 35.5. The maximum Gasteiger partial charge on any atom is 0.263 e. The molecular formula is C14H15Cl2N3O. The molecule has 2 N–H and O–H groups in total. The summed E-state index contributed by atoms with van der Waals surface area (Å²) in [6.45, 7) is 5.52. The summed E-state index contributed by atoms with van der Waals surface area (Å²) in [5.41, 5.74) is 0.207. The zero-order chi connectivity index (χ0) is 15.3. The first kappa shape index (κ1) is 16.4. The topological polar surface area (TPSA) is 64.9 Å². The van der Waals surface area contributed by atoms with Crippen LogP contribution in [0.4, 0.5) is 5.69 Å². The smallest absolute Gasteiger partial charge is 0.263 e. The van der Waals surface area contributed by atoms with Crippen molar-refractivity contribution in [3.05, 3.63) is 40.0 Å². The average Bonchev–Trinajstić information content (AvgIpc) is 2.32. The number of nitrogens with zero attached hydrogens (tertiary/aromatic N) is 1. The van der Waals surface area contributed by atoms with Gasteiger partial charge in [-0.25, -0.2) is 0 Å². The third-order valence-electron chi connectivity index (χ3n) is 2.16. The number of carbonyl (C=O) groups excluding carboxylic acids is 1. The Morgan fingerprint density at radius 3 is 2.45 bits per heavy atom. The van der Waals surface area contributed by atoms with Crippen molar-refractivity contribution in [2.75, 3.05) is 5.32 Å². The molecular weight excluding hydrogens is 297 g/mol. The van der Waals surface area contributed by atoms with E-state index in [9.17, 15) is 4.79 Å². The Bertz CT molecular complexity index is 583. The predicted octanol–water partition coefficient (Wildman–Crippen LogP) is 3.73. The van der Waals surface area contributed by atoms with Gasteiger partial charge in [0.25, 0.3) is 5.91 Å². The van der Waals surface area contributed by atoms with E-state index in [1.54, 1.807) is 18.2 Å². The van der Waals surface area contributed by atoms with E-state index in [0.717, 1.165) is 0 Å². The first-order chi connectivity index (χ1) is 9.23. The van der Waals surface area contributed by atoms with Crippen LogP contribution in [0, 0.1) is 11.3 Å². The van der Waals surface area contributed by atoms with Crippen LogP contribution in [0.5, 0.6) is 0 Å². The molecule has 1 rings (SSSR count). The lowest BCUT2D eigenvalue weighted by Crippen LogP contribution is -2.41. The zero-order valence-electron chi connectivity index (χ0n) is 11.4. The number of carbonyl (C=O) groups is 1. The van der Waals surface area contributed by atoms with Crippen LogP contribution in [0.2, 0.25) is 10.0 Å². The zero-order valence-corrected chi connectivity index (χ0v) is 12.9. The van der Waals surface area contributed by atoms with E-state index >= 15 is 0 Å². The number of rotatable bonds is 3. The molecule has 0 unspecified atom stereocenters. The molecule has 0 saturated carbocycles. The summed E-state index contributed by atoms with van der Waals surface area (Å²) in [5, 5.41) is 15.4. The lowest BCUT2D eigenvalue weighted by molar-refractivity contribution is -0.118. The first-order valence-corrected chi connectivity index (χ1v) is 6.63. The molecule has 6 heteroatoms. The summed E-state index contributed by atoms with van der Waals surface area (Å²) in [6, 6.07) is 6.78. The lowest BCUT2D eigenvalue weighted by Gasteiger charge is -2.20. The number of hydrogen-bond acceptors (Lipinski definition) is 3. The molecule has 0 aliphatic heterocycles. The maximum atomic E-state index is 11.8. The highest BCUT2D eigenvalue weighted by Gasteiger charge is 2.17. The van der Waals surface area contributed by atoms with Gasteiger partial charge in [0, 0.05) is 17.4 Å². The van der Waals surface area contributed by atoms with Crippen molar-refractivity contribution in [2.45, 2.75) is 26.3 Å². The Kier molecular flexibility index (Phi) is 5.43. The molecule has 20 heavy (non-hydrogen) atoms. The molecule has 1 aromatic carbocycles. The number of nitrogens with one attached hydrogen (secondary N) is 2. The fourth-order valence-electron chi connectivity index (χ4n) is 1.30. The van der Waals surface area contributed by atoms with E-state index in [2.05, 4.69) is 10.6 Å². The van der Waals surface area contributed by atoms with Crippen molar-refractivity contribution >= 4 is 34.8 Å². The maximum absolute atomic E-state index is 11.8. The molecule has 0 heterocycles. The van der Waals surface area contributed by atoms with Crippen LogP contribution >= 0.6 is 23.2 Å². The third kappa shape index (κ3) is 5.12. The summed E-state index contributed by atoms with van der Waals surface area (Å²) in [7, 11) is 0. The monoisotopic (exact) mass is 311 g/mol. The number of anilines is 1. The quantitative estimate of drug-likeness (QED) is 0.660. The Morgan fingerprint density at radius 2 is 1.95 bits per heavy atom. The van der Waals surface area contributed by atoms with Crippen molar-refractivity contribution in [3.63, 3.8) is 0 Å². The SMILES string of the molecule is CC(C)(C)NC(=O)/C(C#N)=C\Nc1ccc(Cl)c(Cl)c1. The Balaban J connectivity index is 2.83. The number of benzene rings is 1. The number of amides is 1. The van der Waals surface area contributed by atoms with Gasteiger partial charge in [-0.15, -0.1) is 0 Å². The van der Waals surface area contributed by atoms with Crippen LogP contribution in [0.3, 0.4) is 0 Å². The molecule has 106 valence electrons. The van der Waals surface area contributed by atoms with Gasteiger partial charge in [0.2, 0.25) is 0 Å². The normalized spacial score (nSPS) is 11.7. The molecule has 0 aliphatic rings. The van der Waals surface area contributed by atoms with Crippen LogP contribution in [-0.4, -0.2) is 11.4 Å². The van der Waals surface area contributed by atoms with E-state index in [-0.39, 0.29) is 5.57 Å². The predicted molar refractivity (Wildman–Crippen MR) is 81.7 cm³/mol. The fourth-order valence-corrected chi connectivity index (χ4v) is 1.60. The van der Waals surface area contributed by atoms with E-state index in [1.165, 1.54) is 6.20 Å². The van der Waals surface area contributed by atoms with Crippen LogP contribution in [-0.2, 0) is 4.79 Å². The van der Waals surface area contributed by atoms with Gasteiger partial charge in [-0.1, -0.05) is 23.2 Å². The van der Waals surface area contributed by atoms with Gasteiger partial charge in [0.05, 0.1) is 10.0 Å². The average molecular weight is 312 g/mol. The number of hydrogen-bond donors (Lipinski definition) is 2. The van der Waals surface area contributed by atoms with Gasteiger partial charge >= 0.3 is 0 Å². The van der Waals surface area contributed by atoms with Crippen molar-refractivity contribution in [3.8, 4) is 6.07 Å². The Morgan fingerprint density at radius 1 is 1.30 bits per heavy atom. The Hall–Kier alpha value is -1.70. The molecule has 0 saturated heterocycles. The summed E-state index contributed by atoms with van der Waals surface area (Å²) < 4.78 is 0. The Labute approximate surface area is 128 Å². The second-order valence-electron chi connectivity index (χ2n) is 5.15. The molecule has 0 aliphatic carbocycles. The number of nitriles is 1. The van der Waals surface area contributed by atoms with Crippen LogP contribution in [0.15, 0.2) is 30.0 Å². The van der Waals surface area contributed by atoms with Gasteiger partial charge < -0.3 is 10.6 Å². The minimum absolute atomic E-state index is 0.0222. The lowest BCUT2D eigenvalue weighted by atomic mass is 10.1. The molecule has 1 aromatic rings. The van der Waals surface area contributed by atoms with Crippen molar-refractivity contribution in [2.24, 2.45) is 0 Å². The minimum Gasteiger partial charge on any atom is -0.360 e. The molecule has 0 radical (unpaired) electrons. The van der Waals surface area contributed by atoms with Gasteiger partial charge in [-0.3, -0.25) is 4.79 Å². The molecule has 0 bridgehead atoms. The van der Waals surface area contributed by atoms with Gasteiger partial charge in [-0.05, 0) is 39.0 Å². The molecule has 0 atom stereocenters. The fraction of sp³-hybridized carbons (Fsp3) is 0.286. The molecule has 0 spiro atoms. The molecule has 0 aromatic heterocycles.